The Balaban J connectivity index is 1.89. The van der Waals surface area contributed by atoms with E-state index in [2.05, 4.69) is 46.9 Å². The van der Waals surface area contributed by atoms with Crippen LogP contribution in [0.4, 0.5) is 0 Å². The summed E-state index contributed by atoms with van der Waals surface area (Å²) in [6, 6.07) is 12.0. The summed E-state index contributed by atoms with van der Waals surface area (Å²) >= 11 is 1.82. The van der Waals surface area contributed by atoms with Crippen LogP contribution in [-0.4, -0.2) is 32.0 Å². The van der Waals surface area contributed by atoms with Gasteiger partial charge in [0, 0.05) is 35.5 Å². The standard InChI is InChI=1S/C20H28N4OS/c1-4-17-9-10-18(26-17)14-24-20(22-5-2)23-12-11-15-7-6-8-16(13-15)19(25)21-3/h6-10,13H,4-5,11-12,14H2,1-3H3,(H,21,25)(H2,22,23,24). The number of aliphatic imine (C=N–C) groups is 1. The lowest BCUT2D eigenvalue weighted by atomic mass is 10.1. The van der Waals surface area contributed by atoms with Gasteiger partial charge in [-0.2, -0.15) is 0 Å². The molecule has 2 rings (SSSR count). The number of thiophene rings is 1. The minimum Gasteiger partial charge on any atom is -0.357 e. The molecule has 1 heterocycles. The maximum absolute atomic E-state index is 11.7. The summed E-state index contributed by atoms with van der Waals surface area (Å²) in [5, 5.41) is 9.30. The zero-order valence-corrected chi connectivity index (χ0v) is 16.6. The third-order valence-corrected chi connectivity index (χ3v) is 5.14. The van der Waals surface area contributed by atoms with E-state index in [0.29, 0.717) is 12.1 Å². The Morgan fingerprint density at radius 3 is 2.62 bits per heavy atom. The number of rotatable bonds is 8. The Bertz CT molecular complexity index is 739. The highest BCUT2D eigenvalue weighted by molar-refractivity contribution is 7.11. The molecule has 1 aromatic heterocycles. The Hall–Kier alpha value is -2.34. The number of hydrogen-bond donors (Lipinski definition) is 3. The van der Waals surface area contributed by atoms with E-state index in [9.17, 15) is 4.79 Å². The van der Waals surface area contributed by atoms with Crippen molar-refractivity contribution in [3.63, 3.8) is 0 Å². The molecular formula is C20H28N4OS. The third-order valence-electron chi connectivity index (χ3n) is 3.93. The molecule has 6 heteroatoms. The number of aryl methyl sites for hydroxylation is 1. The molecule has 140 valence electrons. The van der Waals surface area contributed by atoms with Crippen molar-refractivity contribution in [3.8, 4) is 0 Å². The van der Waals surface area contributed by atoms with E-state index in [-0.39, 0.29) is 5.91 Å². The monoisotopic (exact) mass is 372 g/mol. The van der Waals surface area contributed by atoms with Crippen LogP contribution in [0.25, 0.3) is 0 Å². The van der Waals surface area contributed by atoms with Crippen LogP contribution in [0.2, 0.25) is 0 Å². The normalized spacial score (nSPS) is 11.3. The number of amides is 1. The molecule has 0 radical (unpaired) electrons. The van der Waals surface area contributed by atoms with Gasteiger partial charge in [0.15, 0.2) is 5.96 Å². The summed E-state index contributed by atoms with van der Waals surface area (Å²) in [6.45, 7) is 6.50. The molecule has 2 aromatic rings. The minimum absolute atomic E-state index is 0.0582. The number of carbonyl (C=O) groups excluding carboxylic acids is 1. The highest BCUT2D eigenvalue weighted by Crippen LogP contribution is 2.17. The summed E-state index contributed by atoms with van der Waals surface area (Å²) in [4.78, 5) is 19.1. The first-order chi connectivity index (χ1) is 12.7. The van der Waals surface area contributed by atoms with Crippen LogP contribution in [0.1, 0.15) is 39.5 Å². The molecule has 3 N–H and O–H groups in total. The van der Waals surface area contributed by atoms with E-state index in [1.165, 1.54) is 9.75 Å². The van der Waals surface area contributed by atoms with Gasteiger partial charge < -0.3 is 16.0 Å². The lowest BCUT2D eigenvalue weighted by Gasteiger charge is -2.11. The van der Waals surface area contributed by atoms with Gasteiger partial charge in [0.1, 0.15) is 0 Å². The lowest BCUT2D eigenvalue weighted by molar-refractivity contribution is 0.0963. The van der Waals surface area contributed by atoms with Crippen molar-refractivity contribution < 1.29 is 4.79 Å². The van der Waals surface area contributed by atoms with E-state index in [4.69, 9.17) is 0 Å². The summed E-state index contributed by atoms with van der Waals surface area (Å²) in [6.07, 6.45) is 1.90. The Labute approximate surface area is 159 Å². The molecule has 1 aromatic carbocycles. The van der Waals surface area contributed by atoms with Crippen molar-refractivity contribution in [1.82, 2.24) is 16.0 Å². The van der Waals surface area contributed by atoms with Gasteiger partial charge in [-0.1, -0.05) is 19.1 Å². The van der Waals surface area contributed by atoms with Crippen LogP contribution in [-0.2, 0) is 19.4 Å². The fourth-order valence-electron chi connectivity index (χ4n) is 2.53. The fraction of sp³-hybridized carbons (Fsp3) is 0.400. The number of hydrogen-bond acceptors (Lipinski definition) is 3. The van der Waals surface area contributed by atoms with Crippen LogP contribution in [0.5, 0.6) is 0 Å². The van der Waals surface area contributed by atoms with Crippen molar-refractivity contribution >= 4 is 23.2 Å². The maximum atomic E-state index is 11.7. The summed E-state index contributed by atoms with van der Waals surface area (Å²) < 4.78 is 0. The van der Waals surface area contributed by atoms with Gasteiger partial charge in [-0.3, -0.25) is 4.79 Å². The van der Waals surface area contributed by atoms with Gasteiger partial charge in [-0.25, -0.2) is 4.99 Å². The first kappa shape index (κ1) is 20.0. The highest BCUT2D eigenvalue weighted by Gasteiger charge is 2.04. The van der Waals surface area contributed by atoms with Gasteiger partial charge in [-0.05, 0) is 49.6 Å². The first-order valence-corrected chi connectivity index (χ1v) is 9.88. The van der Waals surface area contributed by atoms with Gasteiger partial charge >= 0.3 is 0 Å². The van der Waals surface area contributed by atoms with Crippen molar-refractivity contribution in [2.45, 2.75) is 33.2 Å². The van der Waals surface area contributed by atoms with E-state index >= 15 is 0 Å². The van der Waals surface area contributed by atoms with Gasteiger partial charge in [0.2, 0.25) is 0 Å². The van der Waals surface area contributed by atoms with Crippen LogP contribution in [0, 0.1) is 0 Å². The highest BCUT2D eigenvalue weighted by atomic mass is 32.1. The molecule has 0 saturated heterocycles. The molecule has 0 spiro atoms. The van der Waals surface area contributed by atoms with E-state index < -0.39 is 0 Å². The average Bonchev–Trinajstić information content (AvgIpc) is 3.14. The first-order valence-electron chi connectivity index (χ1n) is 9.07. The van der Waals surface area contributed by atoms with Crippen LogP contribution in [0.3, 0.4) is 0 Å². The Kier molecular flexibility index (Phi) is 8.15. The third kappa shape index (κ3) is 6.19. The van der Waals surface area contributed by atoms with Crippen molar-refractivity contribution in [1.29, 1.82) is 0 Å². The molecule has 0 saturated carbocycles. The molecule has 0 aliphatic rings. The largest absolute Gasteiger partial charge is 0.357 e. The second-order valence-electron chi connectivity index (χ2n) is 5.87. The smallest absolute Gasteiger partial charge is 0.251 e. The molecule has 0 aliphatic heterocycles. The predicted molar refractivity (Wildman–Crippen MR) is 110 cm³/mol. The maximum Gasteiger partial charge on any atom is 0.251 e. The molecule has 0 aliphatic carbocycles. The van der Waals surface area contributed by atoms with Gasteiger partial charge in [0.05, 0.1) is 6.54 Å². The van der Waals surface area contributed by atoms with E-state index in [1.54, 1.807) is 7.05 Å². The quantitative estimate of drug-likeness (QED) is 0.493. The van der Waals surface area contributed by atoms with Crippen LogP contribution >= 0.6 is 11.3 Å². The second-order valence-corrected chi connectivity index (χ2v) is 7.13. The molecule has 26 heavy (non-hydrogen) atoms. The van der Waals surface area contributed by atoms with Crippen LogP contribution in [0.15, 0.2) is 41.4 Å². The lowest BCUT2D eigenvalue weighted by Crippen LogP contribution is -2.38. The predicted octanol–water partition coefficient (Wildman–Crippen LogP) is 2.97. The van der Waals surface area contributed by atoms with Crippen LogP contribution < -0.4 is 16.0 Å². The molecule has 0 bridgehead atoms. The number of nitrogens with zero attached hydrogens (tertiary/aromatic N) is 1. The summed E-state index contributed by atoms with van der Waals surface area (Å²) in [5.41, 5.74) is 1.82. The zero-order valence-electron chi connectivity index (χ0n) is 15.8. The van der Waals surface area contributed by atoms with Crippen molar-refractivity contribution in [2.24, 2.45) is 4.99 Å². The second kappa shape index (κ2) is 10.6. The number of carbonyl (C=O) groups is 1. The number of nitrogens with one attached hydrogen (secondary N) is 3. The minimum atomic E-state index is -0.0582. The Morgan fingerprint density at radius 2 is 1.92 bits per heavy atom. The molecular weight excluding hydrogens is 344 g/mol. The number of benzene rings is 1. The number of guanidine groups is 1. The molecule has 1 amide bonds. The molecule has 5 nitrogen and oxygen atoms in total. The SMILES string of the molecule is CCNC(=NCc1ccc(CC)s1)NCCc1cccc(C(=O)NC)c1. The van der Waals surface area contributed by atoms with Gasteiger partial charge in [0.25, 0.3) is 5.91 Å². The Morgan fingerprint density at radius 1 is 1.12 bits per heavy atom. The van der Waals surface area contributed by atoms with Crippen molar-refractivity contribution in [3.05, 3.63) is 57.3 Å². The topological polar surface area (TPSA) is 65.5 Å². The average molecular weight is 373 g/mol. The summed E-state index contributed by atoms with van der Waals surface area (Å²) in [7, 11) is 1.65. The van der Waals surface area contributed by atoms with Crippen molar-refractivity contribution in [2.75, 3.05) is 20.1 Å². The molecule has 0 fully saturated rings. The molecule has 0 atom stereocenters. The zero-order chi connectivity index (χ0) is 18.8. The van der Waals surface area contributed by atoms with E-state index in [0.717, 1.165) is 37.5 Å². The van der Waals surface area contributed by atoms with E-state index in [1.807, 2.05) is 35.6 Å². The molecule has 0 unspecified atom stereocenters. The van der Waals surface area contributed by atoms with Gasteiger partial charge in [-0.15, -0.1) is 11.3 Å². The summed E-state index contributed by atoms with van der Waals surface area (Å²) in [5.74, 6) is 0.763. The fourth-order valence-corrected chi connectivity index (χ4v) is 3.42.